The van der Waals surface area contributed by atoms with E-state index in [4.69, 9.17) is 26.8 Å². The van der Waals surface area contributed by atoms with Crippen molar-refractivity contribution in [3.63, 3.8) is 0 Å². The second-order valence-corrected chi connectivity index (χ2v) is 6.88. The van der Waals surface area contributed by atoms with Crippen LogP contribution in [0.5, 0.6) is 5.75 Å². The molecule has 4 nitrogen and oxygen atoms in total. The topological polar surface area (TPSA) is 61.6 Å². The van der Waals surface area contributed by atoms with Crippen molar-refractivity contribution in [1.29, 1.82) is 0 Å². The molecular weight excluding hydrogens is 333 g/mol. The van der Waals surface area contributed by atoms with Crippen LogP contribution in [0.4, 0.5) is 9.18 Å². The quantitative estimate of drug-likeness (QED) is 0.854. The van der Waals surface area contributed by atoms with Gasteiger partial charge in [-0.25, -0.2) is 9.18 Å². The Hall–Kier alpha value is -2.27. The van der Waals surface area contributed by atoms with Gasteiger partial charge in [-0.3, -0.25) is 0 Å². The Kier molecular flexibility index (Phi) is 4.13. The van der Waals surface area contributed by atoms with Crippen LogP contribution in [0.15, 0.2) is 36.4 Å². The number of carbonyl (C=O) groups is 1. The van der Waals surface area contributed by atoms with Crippen LogP contribution in [0.1, 0.15) is 25.5 Å². The van der Waals surface area contributed by atoms with Crippen molar-refractivity contribution in [2.75, 3.05) is 6.61 Å². The van der Waals surface area contributed by atoms with Crippen molar-refractivity contribution in [1.82, 2.24) is 0 Å². The lowest BCUT2D eigenvalue weighted by molar-refractivity contribution is -0.0176. The molecular formula is C18H17ClFNO3. The van der Waals surface area contributed by atoms with Crippen molar-refractivity contribution in [2.45, 2.75) is 20.0 Å². The Bertz CT molecular complexity index is 807. The molecule has 0 fully saturated rings. The Morgan fingerprint density at radius 1 is 1.33 bits per heavy atom. The zero-order valence-corrected chi connectivity index (χ0v) is 14.1. The monoisotopic (exact) mass is 349 g/mol. The molecule has 0 radical (unpaired) electrons. The largest absolute Gasteiger partial charge is 0.492 e. The highest BCUT2D eigenvalue weighted by atomic mass is 35.5. The van der Waals surface area contributed by atoms with Crippen molar-refractivity contribution in [3.8, 4) is 16.9 Å². The molecule has 2 N–H and O–H groups in total. The molecule has 1 heterocycles. The minimum atomic E-state index is -0.835. The predicted molar refractivity (Wildman–Crippen MR) is 89.5 cm³/mol. The summed E-state index contributed by atoms with van der Waals surface area (Å²) in [6.07, 6.45) is -1.35. The molecule has 6 heteroatoms. The van der Waals surface area contributed by atoms with Gasteiger partial charge in [0.1, 0.15) is 17.7 Å². The molecule has 1 unspecified atom stereocenters. The first-order chi connectivity index (χ1) is 11.3. The van der Waals surface area contributed by atoms with Gasteiger partial charge >= 0.3 is 6.09 Å². The minimum Gasteiger partial charge on any atom is -0.492 e. The summed E-state index contributed by atoms with van der Waals surface area (Å²) in [7, 11) is 0. The van der Waals surface area contributed by atoms with Gasteiger partial charge in [-0.15, -0.1) is 0 Å². The third-order valence-corrected chi connectivity index (χ3v) is 4.41. The van der Waals surface area contributed by atoms with Crippen LogP contribution in [-0.2, 0) is 4.74 Å². The van der Waals surface area contributed by atoms with Gasteiger partial charge in [0.25, 0.3) is 0 Å². The molecule has 1 aliphatic heterocycles. The number of fused-ring (bicyclic) bond motifs is 1. The predicted octanol–water partition coefficient (Wildman–Crippen LogP) is 4.70. The highest BCUT2D eigenvalue weighted by Gasteiger charge is 2.40. The van der Waals surface area contributed by atoms with Crippen molar-refractivity contribution in [3.05, 3.63) is 52.8 Å². The van der Waals surface area contributed by atoms with E-state index in [1.165, 1.54) is 18.2 Å². The molecule has 0 aliphatic carbocycles. The van der Waals surface area contributed by atoms with E-state index < -0.39 is 17.6 Å². The summed E-state index contributed by atoms with van der Waals surface area (Å²) in [4.78, 5) is 11.2. The molecule has 0 saturated carbocycles. The number of ether oxygens (including phenoxy) is 2. The number of benzene rings is 2. The van der Waals surface area contributed by atoms with E-state index in [1.54, 1.807) is 18.2 Å². The van der Waals surface area contributed by atoms with Gasteiger partial charge < -0.3 is 15.2 Å². The van der Waals surface area contributed by atoms with Gasteiger partial charge in [-0.1, -0.05) is 37.6 Å². The first kappa shape index (κ1) is 16.6. The molecule has 24 heavy (non-hydrogen) atoms. The van der Waals surface area contributed by atoms with Gasteiger partial charge in [-0.2, -0.15) is 0 Å². The highest BCUT2D eigenvalue weighted by molar-refractivity contribution is 6.33. The Balaban J connectivity index is 2.06. The maximum absolute atomic E-state index is 13.5. The molecule has 0 spiro atoms. The lowest BCUT2D eigenvalue weighted by atomic mass is 9.80. The highest BCUT2D eigenvalue weighted by Crippen LogP contribution is 2.46. The van der Waals surface area contributed by atoms with Crippen LogP contribution in [0.2, 0.25) is 5.02 Å². The third-order valence-electron chi connectivity index (χ3n) is 4.08. The number of carbonyl (C=O) groups excluding carboxylic acids is 1. The minimum absolute atomic E-state index is 0.359. The summed E-state index contributed by atoms with van der Waals surface area (Å²) in [5.74, 6) is 0.197. The summed E-state index contributed by atoms with van der Waals surface area (Å²) < 4.78 is 24.6. The molecule has 126 valence electrons. The fourth-order valence-electron chi connectivity index (χ4n) is 2.86. The first-order valence-corrected chi connectivity index (χ1v) is 7.84. The molecule has 2 aromatic rings. The number of hydrogen-bond acceptors (Lipinski definition) is 3. The maximum Gasteiger partial charge on any atom is 0.405 e. The normalized spacial score (nSPS) is 18.4. The zero-order chi connectivity index (χ0) is 17.5. The van der Waals surface area contributed by atoms with Gasteiger partial charge in [0.05, 0.1) is 6.61 Å². The molecule has 3 rings (SSSR count). The summed E-state index contributed by atoms with van der Waals surface area (Å²) in [6.45, 7) is 4.22. The van der Waals surface area contributed by atoms with E-state index in [2.05, 4.69) is 0 Å². The molecule has 1 atom stereocenters. The van der Waals surface area contributed by atoms with E-state index >= 15 is 0 Å². The molecule has 0 bridgehead atoms. The molecule has 0 saturated heterocycles. The van der Waals surface area contributed by atoms with Gasteiger partial charge in [0.2, 0.25) is 0 Å². The summed E-state index contributed by atoms with van der Waals surface area (Å²) in [5.41, 5.74) is 6.79. The van der Waals surface area contributed by atoms with Crippen molar-refractivity contribution >= 4 is 17.7 Å². The van der Waals surface area contributed by atoms with E-state index in [-0.39, 0.29) is 5.82 Å². The number of nitrogens with two attached hydrogens (primary N) is 1. The maximum atomic E-state index is 13.5. The average molecular weight is 350 g/mol. The number of primary amides is 1. The van der Waals surface area contributed by atoms with Crippen LogP contribution >= 0.6 is 11.6 Å². The van der Waals surface area contributed by atoms with Crippen LogP contribution in [0, 0.1) is 11.2 Å². The van der Waals surface area contributed by atoms with Crippen LogP contribution < -0.4 is 10.5 Å². The van der Waals surface area contributed by atoms with Crippen molar-refractivity contribution in [2.24, 2.45) is 11.1 Å². The van der Waals surface area contributed by atoms with Gasteiger partial charge in [0, 0.05) is 21.6 Å². The van der Waals surface area contributed by atoms with Gasteiger partial charge in [-0.05, 0) is 29.8 Å². The lowest BCUT2D eigenvalue weighted by Gasteiger charge is -2.38. The van der Waals surface area contributed by atoms with E-state index in [9.17, 15) is 9.18 Å². The molecule has 2 aromatic carbocycles. The Morgan fingerprint density at radius 2 is 2.08 bits per heavy atom. The van der Waals surface area contributed by atoms with E-state index in [1.807, 2.05) is 13.8 Å². The fourth-order valence-corrected chi connectivity index (χ4v) is 3.09. The van der Waals surface area contributed by atoms with Crippen LogP contribution in [0.3, 0.4) is 0 Å². The molecule has 0 aromatic heterocycles. The number of rotatable bonds is 2. The van der Waals surface area contributed by atoms with E-state index in [0.29, 0.717) is 22.9 Å². The zero-order valence-electron chi connectivity index (χ0n) is 13.3. The second kappa shape index (κ2) is 5.98. The van der Waals surface area contributed by atoms with Crippen molar-refractivity contribution < 1.29 is 18.7 Å². The number of amides is 1. The first-order valence-electron chi connectivity index (χ1n) is 7.46. The van der Waals surface area contributed by atoms with Gasteiger partial charge in [0.15, 0.2) is 0 Å². The Morgan fingerprint density at radius 3 is 2.79 bits per heavy atom. The fraction of sp³-hybridized carbons (Fsp3) is 0.278. The molecule has 1 amide bonds. The standard InChI is InChI=1S/C18H17ClFNO3/c1-18(2)9-23-15-7-10(13-8-11(20)4-6-14(13)19)3-5-12(15)16(18)24-17(21)22/h3-8,16H,9H2,1-2H3,(H2,21,22). The van der Waals surface area contributed by atoms with E-state index in [0.717, 1.165) is 11.1 Å². The number of hydrogen-bond donors (Lipinski definition) is 1. The SMILES string of the molecule is CC1(C)COc2cc(-c3cc(F)ccc3Cl)ccc2C1OC(N)=O. The third kappa shape index (κ3) is 3.04. The Labute approximate surface area is 144 Å². The molecule has 1 aliphatic rings. The lowest BCUT2D eigenvalue weighted by Crippen LogP contribution is -2.37. The summed E-state index contributed by atoms with van der Waals surface area (Å²) in [6, 6.07) is 9.54. The number of halogens is 2. The average Bonchev–Trinajstić information content (AvgIpc) is 2.52. The van der Waals surface area contributed by atoms with Crippen LogP contribution in [0.25, 0.3) is 11.1 Å². The summed E-state index contributed by atoms with van der Waals surface area (Å²) >= 11 is 6.16. The second-order valence-electron chi connectivity index (χ2n) is 6.47. The summed E-state index contributed by atoms with van der Waals surface area (Å²) in [5, 5.41) is 0.442. The smallest absolute Gasteiger partial charge is 0.405 e. The van der Waals surface area contributed by atoms with Crippen LogP contribution in [-0.4, -0.2) is 12.7 Å².